The molecule has 0 spiro atoms. The van der Waals surface area contributed by atoms with E-state index in [1.54, 1.807) is 0 Å². The molecule has 1 fully saturated rings. The number of thioether (sulfide) groups is 1. The Morgan fingerprint density at radius 2 is 2.23 bits per heavy atom. The topological polar surface area (TPSA) is 23.5 Å². The lowest BCUT2D eigenvalue weighted by Gasteiger charge is -2.32. The largest absolute Gasteiger partial charge is 0.390 e. The Labute approximate surface area is 85.7 Å². The molecule has 1 unspecified atom stereocenters. The third-order valence-corrected chi connectivity index (χ3v) is 3.50. The van der Waals surface area contributed by atoms with Crippen molar-refractivity contribution in [1.29, 1.82) is 0 Å². The van der Waals surface area contributed by atoms with Crippen LogP contribution in [0.4, 0.5) is 0 Å². The maximum Gasteiger partial charge on any atom is 0.0603 e. The van der Waals surface area contributed by atoms with E-state index < -0.39 is 5.60 Å². The molecule has 1 aliphatic rings. The van der Waals surface area contributed by atoms with E-state index in [0.717, 1.165) is 18.2 Å². The molecule has 0 aromatic heterocycles. The summed E-state index contributed by atoms with van der Waals surface area (Å²) < 4.78 is 0. The number of aliphatic hydroxyl groups is 1. The average molecular weight is 203 g/mol. The Balaban J connectivity index is 2.21. The molecule has 1 N–H and O–H groups in total. The highest BCUT2D eigenvalue weighted by atomic mass is 32.2. The molecule has 1 heterocycles. The third-order valence-electron chi connectivity index (χ3n) is 2.37. The van der Waals surface area contributed by atoms with E-state index in [9.17, 15) is 5.11 Å². The van der Waals surface area contributed by atoms with Gasteiger partial charge in [-0.15, -0.1) is 0 Å². The van der Waals surface area contributed by atoms with E-state index >= 15 is 0 Å². The minimum atomic E-state index is -0.506. The van der Waals surface area contributed by atoms with E-state index in [0.29, 0.717) is 0 Å². The van der Waals surface area contributed by atoms with Gasteiger partial charge in [0.2, 0.25) is 0 Å². The van der Waals surface area contributed by atoms with Gasteiger partial charge in [0.05, 0.1) is 5.60 Å². The molecule has 0 aliphatic carbocycles. The molecule has 0 bridgehead atoms. The van der Waals surface area contributed by atoms with Crippen LogP contribution in [0.15, 0.2) is 0 Å². The lowest BCUT2D eigenvalue weighted by Crippen LogP contribution is -2.39. The molecule has 1 atom stereocenters. The Bertz CT molecular complexity index is 155. The molecule has 2 nitrogen and oxygen atoms in total. The zero-order valence-electron chi connectivity index (χ0n) is 8.92. The summed E-state index contributed by atoms with van der Waals surface area (Å²) in [6.07, 6.45) is 0.879. The van der Waals surface area contributed by atoms with Crippen molar-refractivity contribution in [1.82, 2.24) is 4.90 Å². The van der Waals surface area contributed by atoms with E-state index in [-0.39, 0.29) is 0 Å². The first-order valence-corrected chi connectivity index (χ1v) is 6.08. The molecule has 13 heavy (non-hydrogen) atoms. The van der Waals surface area contributed by atoms with Crippen molar-refractivity contribution in [3.05, 3.63) is 0 Å². The van der Waals surface area contributed by atoms with Crippen LogP contribution < -0.4 is 0 Å². The predicted octanol–water partition coefficient (Wildman–Crippen LogP) is 1.58. The SMILES string of the molecule is CC1CN(CCC(C)(C)O)CCS1. The Morgan fingerprint density at radius 1 is 1.54 bits per heavy atom. The van der Waals surface area contributed by atoms with Crippen LogP contribution >= 0.6 is 11.8 Å². The zero-order chi connectivity index (χ0) is 9.90. The number of hydrogen-bond donors (Lipinski definition) is 1. The second-order valence-corrected chi connectivity index (χ2v) is 6.09. The monoisotopic (exact) mass is 203 g/mol. The van der Waals surface area contributed by atoms with E-state index in [1.807, 2.05) is 13.8 Å². The standard InChI is InChI=1S/C10H21NOS/c1-9-8-11(6-7-13-9)5-4-10(2,3)12/h9,12H,4-8H2,1-3H3. The quantitative estimate of drug-likeness (QED) is 0.753. The molecule has 1 saturated heterocycles. The maximum absolute atomic E-state index is 9.58. The number of nitrogens with zero attached hydrogens (tertiary/aromatic N) is 1. The second-order valence-electron chi connectivity index (χ2n) is 4.54. The van der Waals surface area contributed by atoms with Gasteiger partial charge < -0.3 is 10.0 Å². The van der Waals surface area contributed by atoms with Gasteiger partial charge in [-0.25, -0.2) is 0 Å². The highest BCUT2D eigenvalue weighted by Gasteiger charge is 2.19. The summed E-state index contributed by atoms with van der Waals surface area (Å²) in [6.45, 7) is 9.45. The van der Waals surface area contributed by atoms with Crippen molar-refractivity contribution in [3.8, 4) is 0 Å². The summed E-state index contributed by atoms with van der Waals surface area (Å²) in [7, 11) is 0. The normalized spacial score (nSPS) is 26.3. The maximum atomic E-state index is 9.58. The van der Waals surface area contributed by atoms with E-state index in [4.69, 9.17) is 0 Å². The fourth-order valence-electron chi connectivity index (χ4n) is 1.53. The van der Waals surface area contributed by atoms with Crippen LogP contribution in [0.5, 0.6) is 0 Å². The summed E-state index contributed by atoms with van der Waals surface area (Å²) >= 11 is 2.05. The Hall–Kier alpha value is 0.270. The van der Waals surface area contributed by atoms with Crippen molar-refractivity contribution < 1.29 is 5.11 Å². The van der Waals surface area contributed by atoms with Crippen molar-refractivity contribution in [3.63, 3.8) is 0 Å². The van der Waals surface area contributed by atoms with Gasteiger partial charge in [-0.3, -0.25) is 0 Å². The molecule has 3 heteroatoms. The molecule has 1 aliphatic heterocycles. The molecule has 0 amide bonds. The molecule has 78 valence electrons. The number of hydrogen-bond acceptors (Lipinski definition) is 3. The Morgan fingerprint density at radius 3 is 2.77 bits per heavy atom. The van der Waals surface area contributed by atoms with Crippen LogP contribution in [0.1, 0.15) is 27.2 Å². The van der Waals surface area contributed by atoms with Crippen molar-refractivity contribution in [2.24, 2.45) is 0 Å². The molecule has 1 rings (SSSR count). The lowest BCUT2D eigenvalue weighted by atomic mass is 10.1. The average Bonchev–Trinajstić information content (AvgIpc) is 2.00. The van der Waals surface area contributed by atoms with Crippen LogP contribution in [0, 0.1) is 0 Å². The predicted molar refractivity (Wildman–Crippen MR) is 59.3 cm³/mol. The third kappa shape index (κ3) is 4.89. The number of rotatable bonds is 3. The fraction of sp³-hybridized carbons (Fsp3) is 1.00. The fourth-order valence-corrected chi connectivity index (χ4v) is 2.61. The van der Waals surface area contributed by atoms with Gasteiger partial charge >= 0.3 is 0 Å². The van der Waals surface area contributed by atoms with Gasteiger partial charge in [-0.1, -0.05) is 6.92 Å². The zero-order valence-corrected chi connectivity index (χ0v) is 9.73. The summed E-state index contributed by atoms with van der Waals surface area (Å²) in [5, 5.41) is 10.3. The second kappa shape index (κ2) is 4.67. The molecule has 0 aromatic carbocycles. The highest BCUT2D eigenvalue weighted by molar-refractivity contribution is 7.99. The van der Waals surface area contributed by atoms with E-state index in [1.165, 1.54) is 18.8 Å². The summed E-state index contributed by atoms with van der Waals surface area (Å²) in [6, 6.07) is 0. The molecule has 0 radical (unpaired) electrons. The van der Waals surface area contributed by atoms with Crippen LogP contribution in [0.3, 0.4) is 0 Å². The van der Waals surface area contributed by atoms with Gasteiger partial charge in [-0.05, 0) is 20.3 Å². The summed E-state index contributed by atoms with van der Waals surface area (Å²) in [5.74, 6) is 1.24. The first kappa shape index (κ1) is 11.3. The van der Waals surface area contributed by atoms with Crippen LogP contribution in [-0.2, 0) is 0 Å². The molecular weight excluding hydrogens is 182 g/mol. The Kier molecular flexibility index (Phi) is 4.07. The van der Waals surface area contributed by atoms with Gasteiger partial charge in [0.1, 0.15) is 0 Å². The van der Waals surface area contributed by atoms with Crippen LogP contribution in [0.25, 0.3) is 0 Å². The summed E-state index contributed by atoms with van der Waals surface area (Å²) in [5.41, 5.74) is -0.506. The van der Waals surface area contributed by atoms with Crippen molar-refractivity contribution >= 4 is 11.8 Å². The molecule has 0 aromatic rings. The van der Waals surface area contributed by atoms with Crippen LogP contribution in [-0.4, -0.2) is 46.2 Å². The molecular formula is C10H21NOS. The first-order valence-electron chi connectivity index (χ1n) is 5.04. The van der Waals surface area contributed by atoms with Gasteiger partial charge in [0.25, 0.3) is 0 Å². The highest BCUT2D eigenvalue weighted by Crippen LogP contribution is 2.19. The minimum absolute atomic E-state index is 0.506. The summed E-state index contributed by atoms with van der Waals surface area (Å²) in [4.78, 5) is 2.46. The van der Waals surface area contributed by atoms with Gasteiger partial charge in [0, 0.05) is 30.6 Å². The minimum Gasteiger partial charge on any atom is -0.390 e. The van der Waals surface area contributed by atoms with Crippen molar-refractivity contribution in [2.75, 3.05) is 25.4 Å². The van der Waals surface area contributed by atoms with Crippen LogP contribution in [0.2, 0.25) is 0 Å². The van der Waals surface area contributed by atoms with Gasteiger partial charge in [-0.2, -0.15) is 11.8 Å². The smallest absolute Gasteiger partial charge is 0.0603 e. The van der Waals surface area contributed by atoms with Gasteiger partial charge in [0.15, 0.2) is 0 Å². The first-order chi connectivity index (χ1) is 5.97. The molecule has 0 saturated carbocycles. The van der Waals surface area contributed by atoms with Crippen molar-refractivity contribution in [2.45, 2.75) is 38.0 Å². The lowest BCUT2D eigenvalue weighted by molar-refractivity contribution is 0.0582. The van der Waals surface area contributed by atoms with E-state index in [2.05, 4.69) is 23.6 Å².